The van der Waals surface area contributed by atoms with Crippen molar-refractivity contribution in [1.82, 2.24) is 14.9 Å². The third kappa shape index (κ3) is 3.43. The first-order chi connectivity index (χ1) is 11.6. The summed E-state index contributed by atoms with van der Waals surface area (Å²) in [6, 6.07) is 7.56. The van der Waals surface area contributed by atoms with Gasteiger partial charge in [-0.1, -0.05) is 12.1 Å². The average molecular weight is 329 g/mol. The molecule has 0 unspecified atom stereocenters. The third-order valence-electron chi connectivity index (χ3n) is 4.45. The molecule has 0 amide bonds. The van der Waals surface area contributed by atoms with Crippen LogP contribution in [0, 0.1) is 6.92 Å². The molecule has 1 aliphatic heterocycles. The minimum absolute atomic E-state index is 0.0783. The van der Waals surface area contributed by atoms with E-state index in [4.69, 9.17) is 9.47 Å². The molecule has 24 heavy (non-hydrogen) atoms. The van der Waals surface area contributed by atoms with E-state index in [9.17, 15) is 4.79 Å². The van der Waals surface area contributed by atoms with Crippen LogP contribution in [0.1, 0.15) is 29.4 Å². The van der Waals surface area contributed by atoms with Crippen LogP contribution >= 0.6 is 0 Å². The lowest BCUT2D eigenvalue weighted by molar-refractivity contribution is 0.308. The van der Waals surface area contributed by atoms with Gasteiger partial charge in [-0.25, -0.2) is 4.98 Å². The van der Waals surface area contributed by atoms with Gasteiger partial charge in [-0.15, -0.1) is 0 Å². The Balaban J connectivity index is 1.74. The van der Waals surface area contributed by atoms with Crippen molar-refractivity contribution in [3.05, 3.63) is 51.7 Å². The minimum atomic E-state index is -0.0783. The second-order valence-corrected chi connectivity index (χ2v) is 6.13. The van der Waals surface area contributed by atoms with Crippen LogP contribution < -0.4 is 15.0 Å². The number of para-hydroxylation sites is 1. The fraction of sp³-hybridized carbons (Fsp3) is 0.444. The molecule has 2 aromatic rings. The molecule has 3 rings (SSSR count). The van der Waals surface area contributed by atoms with E-state index in [0.29, 0.717) is 11.7 Å². The highest BCUT2D eigenvalue weighted by molar-refractivity contribution is 5.46. The fourth-order valence-corrected chi connectivity index (χ4v) is 3.35. The van der Waals surface area contributed by atoms with Gasteiger partial charge < -0.3 is 14.5 Å². The molecule has 0 saturated carbocycles. The monoisotopic (exact) mass is 329 g/mol. The van der Waals surface area contributed by atoms with Crippen LogP contribution in [0.5, 0.6) is 11.5 Å². The molecular weight excluding hydrogens is 306 g/mol. The zero-order valence-electron chi connectivity index (χ0n) is 14.3. The number of benzene rings is 1. The van der Waals surface area contributed by atoms with Gasteiger partial charge in [0, 0.05) is 30.6 Å². The van der Waals surface area contributed by atoms with Crippen molar-refractivity contribution < 1.29 is 9.47 Å². The van der Waals surface area contributed by atoms with E-state index >= 15 is 0 Å². The van der Waals surface area contributed by atoms with Crippen molar-refractivity contribution in [3.8, 4) is 11.5 Å². The summed E-state index contributed by atoms with van der Waals surface area (Å²) >= 11 is 0. The number of aryl methyl sites for hydroxylation is 1. The highest BCUT2D eigenvalue weighted by Gasteiger charge is 2.26. The molecule has 1 aromatic carbocycles. The van der Waals surface area contributed by atoms with E-state index in [2.05, 4.69) is 20.9 Å². The van der Waals surface area contributed by atoms with Crippen LogP contribution in [0.3, 0.4) is 0 Å². The van der Waals surface area contributed by atoms with E-state index in [0.717, 1.165) is 48.8 Å². The molecular formula is C18H23N3O3. The van der Waals surface area contributed by atoms with Gasteiger partial charge in [0.25, 0.3) is 5.56 Å². The maximum Gasteiger partial charge on any atom is 0.251 e. The van der Waals surface area contributed by atoms with Crippen LogP contribution in [-0.2, 0) is 6.54 Å². The molecule has 1 fully saturated rings. The van der Waals surface area contributed by atoms with Crippen LogP contribution in [-0.4, -0.2) is 42.2 Å². The fourth-order valence-electron chi connectivity index (χ4n) is 3.35. The van der Waals surface area contributed by atoms with Gasteiger partial charge in [0.05, 0.1) is 19.9 Å². The molecule has 1 aromatic heterocycles. The number of rotatable bonds is 5. The molecule has 1 atom stereocenters. The summed E-state index contributed by atoms with van der Waals surface area (Å²) in [5.41, 5.74) is 1.91. The molecule has 6 heteroatoms. The zero-order chi connectivity index (χ0) is 17.1. The number of aromatic nitrogens is 2. The summed E-state index contributed by atoms with van der Waals surface area (Å²) in [6.07, 6.45) is 1.00. The topological polar surface area (TPSA) is 67.5 Å². The highest BCUT2D eigenvalue weighted by atomic mass is 16.5. The Morgan fingerprint density at radius 3 is 2.88 bits per heavy atom. The van der Waals surface area contributed by atoms with Crippen molar-refractivity contribution in [2.75, 3.05) is 27.3 Å². The molecule has 0 radical (unpaired) electrons. The van der Waals surface area contributed by atoms with Gasteiger partial charge in [-0.3, -0.25) is 9.69 Å². The van der Waals surface area contributed by atoms with Crippen molar-refractivity contribution in [2.45, 2.75) is 25.8 Å². The predicted octanol–water partition coefficient (Wildman–Crippen LogP) is 2.09. The first kappa shape index (κ1) is 16.5. The summed E-state index contributed by atoms with van der Waals surface area (Å²) in [4.78, 5) is 21.2. The molecule has 1 aliphatic rings. The van der Waals surface area contributed by atoms with E-state index in [1.807, 2.05) is 19.1 Å². The van der Waals surface area contributed by atoms with Gasteiger partial charge in [0.15, 0.2) is 11.5 Å². The number of likely N-dealkylation sites (tertiary alicyclic amines) is 1. The van der Waals surface area contributed by atoms with Gasteiger partial charge in [0.1, 0.15) is 5.82 Å². The zero-order valence-corrected chi connectivity index (χ0v) is 14.3. The molecule has 0 bridgehead atoms. The molecule has 2 heterocycles. The summed E-state index contributed by atoms with van der Waals surface area (Å²) in [5, 5.41) is 0. The SMILES string of the molecule is COc1cccc(CN2CC[C@@H](c3cc(=O)[nH]c(C)n3)C2)c1OC. The Kier molecular flexibility index (Phi) is 4.85. The number of methoxy groups -OCH3 is 2. The first-order valence-corrected chi connectivity index (χ1v) is 8.10. The van der Waals surface area contributed by atoms with Gasteiger partial charge in [0.2, 0.25) is 0 Å². The van der Waals surface area contributed by atoms with Crippen LogP contribution in [0.25, 0.3) is 0 Å². The number of aromatic amines is 1. The Bertz CT molecular complexity index is 772. The number of hydrogen-bond donors (Lipinski definition) is 1. The van der Waals surface area contributed by atoms with Crippen molar-refractivity contribution in [3.63, 3.8) is 0 Å². The third-order valence-corrected chi connectivity index (χ3v) is 4.45. The quantitative estimate of drug-likeness (QED) is 0.910. The molecule has 128 valence electrons. The van der Waals surface area contributed by atoms with Crippen LogP contribution in [0.4, 0.5) is 0 Å². The van der Waals surface area contributed by atoms with Crippen molar-refractivity contribution >= 4 is 0 Å². The summed E-state index contributed by atoms with van der Waals surface area (Å²) in [5.74, 6) is 2.50. The summed E-state index contributed by atoms with van der Waals surface area (Å²) in [7, 11) is 3.31. The molecule has 6 nitrogen and oxygen atoms in total. The van der Waals surface area contributed by atoms with E-state index in [1.165, 1.54) is 0 Å². The smallest absolute Gasteiger partial charge is 0.251 e. The number of hydrogen-bond acceptors (Lipinski definition) is 5. The average Bonchev–Trinajstić information content (AvgIpc) is 3.02. The van der Waals surface area contributed by atoms with Crippen LogP contribution in [0.2, 0.25) is 0 Å². The molecule has 1 saturated heterocycles. The number of nitrogens with zero attached hydrogens (tertiary/aromatic N) is 2. The van der Waals surface area contributed by atoms with Gasteiger partial charge in [-0.05, 0) is 26.0 Å². The van der Waals surface area contributed by atoms with Crippen LogP contribution in [0.15, 0.2) is 29.1 Å². The minimum Gasteiger partial charge on any atom is -0.493 e. The summed E-state index contributed by atoms with van der Waals surface area (Å²) in [6.45, 7) is 4.46. The Hall–Kier alpha value is -2.34. The second-order valence-electron chi connectivity index (χ2n) is 6.13. The number of ether oxygens (including phenoxy) is 2. The molecule has 1 N–H and O–H groups in total. The second kappa shape index (κ2) is 7.05. The van der Waals surface area contributed by atoms with Gasteiger partial charge in [-0.2, -0.15) is 0 Å². The van der Waals surface area contributed by atoms with E-state index < -0.39 is 0 Å². The Morgan fingerprint density at radius 1 is 1.33 bits per heavy atom. The number of H-pyrrole nitrogens is 1. The first-order valence-electron chi connectivity index (χ1n) is 8.10. The maximum absolute atomic E-state index is 11.7. The molecule has 0 aliphatic carbocycles. The van der Waals surface area contributed by atoms with E-state index in [-0.39, 0.29) is 5.56 Å². The summed E-state index contributed by atoms with van der Waals surface area (Å²) < 4.78 is 10.9. The van der Waals surface area contributed by atoms with Gasteiger partial charge >= 0.3 is 0 Å². The normalized spacial score (nSPS) is 17.9. The lowest BCUT2D eigenvalue weighted by Gasteiger charge is -2.19. The highest BCUT2D eigenvalue weighted by Crippen LogP contribution is 2.33. The lowest BCUT2D eigenvalue weighted by atomic mass is 10.0. The maximum atomic E-state index is 11.7. The lowest BCUT2D eigenvalue weighted by Crippen LogP contribution is -2.21. The Labute approximate surface area is 141 Å². The van der Waals surface area contributed by atoms with E-state index in [1.54, 1.807) is 20.3 Å². The standard InChI is InChI=1S/C18H23N3O3/c1-12-19-15(9-17(22)20-12)13-7-8-21(10-13)11-14-5-4-6-16(23-2)18(14)24-3/h4-6,9,13H,7-8,10-11H2,1-3H3,(H,19,20,22)/t13-/m1/s1. The largest absolute Gasteiger partial charge is 0.493 e. The number of nitrogens with one attached hydrogen (secondary N) is 1. The van der Waals surface area contributed by atoms with Crippen molar-refractivity contribution in [1.29, 1.82) is 0 Å². The molecule has 0 spiro atoms. The predicted molar refractivity (Wildman–Crippen MR) is 91.8 cm³/mol. The van der Waals surface area contributed by atoms with Crippen molar-refractivity contribution in [2.24, 2.45) is 0 Å². The Morgan fingerprint density at radius 2 is 2.17 bits per heavy atom.